The molecular formula is C25H21N5O2S. The summed E-state index contributed by atoms with van der Waals surface area (Å²) < 4.78 is 28.9. The Morgan fingerprint density at radius 1 is 0.939 bits per heavy atom. The second-order valence-corrected chi connectivity index (χ2v) is 10.2. The third-order valence-corrected chi connectivity index (χ3v) is 8.02. The Morgan fingerprint density at radius 3 is 2.61 bits per heavy atom. The van der Waals surface area contributed by atoms with Crippen molar-refractivity contribution in [3.8, 4) is 0 Å². The van der Waals surface area contributed by atoms with Gasteiger partial charge in [0.1, 0.15) is 5.82 Å². The second-order valence-electron chi connectivity index (χ2n) is 8.39. The Labute approximate surface area is 191 Å². The minimum absolute atomic E-state index is 0.129. The molecular weight excluding hydrogens is 434 g/mol. The lowest BCUT2D eigenvalue weighted by Crippen LogP contribution is -2.16. The van der Waals surface area contributed by atoms with Crippen LogP contribution in [-0.4, -0.2) is 34.8 Å². The van der Waals surface area contributed by atoms with Gasteiger partial charge in [0.2, 0.25) is 14.9 Å². The molecule has 0 bridgehead atoms. The standard InChI is InChI=1S/C25H21N5O2S/c1-16-11-12-17(2)22(15-16)33(31,32)25-24-26-23(29-14-13-18-7-3-5-9-20(18)29)19-8-4-6-10-21(19)30(24)28-27-25/h3-12,15H,13-14H2,1-2H3. The van der Waals surface area contributed by atoms with Gasteiger partial charge in [-0.2, -0.15) is 4.52 Å². The van der Waals surface area contributed by atoms with E-state index in [2.05, 4.69) is 27.3 Å². The molecule has 0 atom stereocenters. The molecule has 164 valence electrons. The zero-order valence-electron chi connectivity index (χ0n) is 18.2. The molecule has 0 saturated heterocycles. The number of sulfone groups is 1. The molecule has 1 aliphatic heterocycles. The highest BCUT2D eigenvalue weighted by molar-refractivity contribution is 7.91. The van der Waals surface area contributed by atoms with Crippen molar-refractivity contribution in [2.45, 2.75) is 30.2 Å². The lowest BCUT2D eigenvalue weighted by molar-refractivity contribution is 0.592. The van der Waals surface area contributed by atoms with Gasteiger partial charge >= 0.3 is 0 Å². The van der Waals surface area contributed by atoms with Gasteiger partial charge in [-0.05, 0) is 61.2 Å². The van der Waals surface area contributed by atoms with Crippen LogP contribution in [-0.2, 0) is 16.3 Å². The summed E-state index contributed by atoms with van der Waals surface area (Å²) in [5.74, 6) is 0.711. The van der Waals surface area contributed by atoms with E-state index in [-0.39, 0.29) is 15.6 Å². The molecule has 3 aromatic carbocycles. The summed E-state index contributed by atoms with van der Waals surface area (Å²) in [6.45, 7) is 4.43. The third kappa shape index (κ3) is 2.94. The van der Waals surface area contributed by atoms with E-state index in [0.29, 0.717) is 11.4 Å². The van der Waals surface area contributed by atoms with Gasteiger partial charge < -0.3 is 4.90 Å². The summed E-state index contributed by atoms with van der Waals surface area (Å²) in [4.78, 5) is 7.25. The first-order chi connectivity index (χ1) is 15.9. The van der Waals surface area contributed by atoms with Gasteiger partial charge in [0.15, 0.2) is 5.65 Å². The summed E-state index contributed by atoms with van der Waals surface area (Å²) in [6, 6.07) is 21.4. The molecule has 0 saturated carbocycles. The van der Waals surface area contributed by atoms with E-state index in [1.807, 2.05) is 55.5 Å². The lowest BCUT2D eigenvalue weighted by atomic mass is 10.2. The van der Waals surface area contributed by atoms with Crippen molar-refractivity contribution in [3.05, 3.63) is 83.4 Å². The first-order valence-electron chi connectivity index (χ1n) is 10.8. The minimum atomic E-state index is -3.92. The molecule has 0 spiro atoms. The summed E-state index contributed by atoms with van der Waals surface area (Å²) in [5, 5.41) is 9.09. The first-order valence-corrected chi connectivity index (χ1v) is 12.3. The molecule has 2 aromatic heterocycles. The van der Waals surface area contributed by atoms with Crippen LogP contribution in [0.25, 0.3) is 16.6 Å². The number of aryl methyl sites for hydroxylation is 2. The van der Waals surface area contributed by atoms with Crippen molar-refractivity contribution in [3.63, 3.8) is 0 Å². The molecule has 5 aromatic rings. The summed E-state index contributed by atoms with van der Waals surface area (Å²) in [5.41, 5.74) is 4.86. The predicted octanol–water partition coefficient (Wildman–Crippen LogP) is 4.42. The molecule has 8 heteroatoms. The van der Waals surface area contributed by atoms with Gasteiger partial charge in [-0.3, -0.25) is 0 Å². The van der Waals surface area contributed by atoms with Crippen molar-refractivity contribution in [2.75, 3.05) is 11.4 Å². The number of hydrogen-bond donors (Lipinski definition) is 0. The number of aromatic nitrogens is 4. The topological polar surface area (TPSA) is 80.5 Å². The van der Waals surface area contributed by atoms with Gasteiger partial charge in [0.25, 0.3) is 0 Å². The smallest absolute Gasteiger partial charge is 0.229 e. The molecule has 6 rings (SSSR count). The predicted molar refractivity (Wildman–Crippen MR) is 127 cm³/mol. The lowest BCUT2D eigenvalue weighted by Gasteiger charge is -2.20. The number of benzene rings is 3. The fourth-order valence-electron chi connectivity index (χ4n) is 4.57. The monoisotopic (exact) mass is 455 g/mol. The number of rotatable bonds is 3. The zero-order valence-corrected chi connectivity index (χ0v) is 19.0. The Balaban J connectivity index is 1.64. The van der Waals surface area contributed by atoms with E-state index in [1.54, 1.807) is 13.0 Å². The van der Waals surface area contributed by atoms with Crippen LogP contribution >= 0.6 is 0 Å². The van der Waals surface area contributed by atoms with Gasteiger partial charge in [-0.1, -0.05) is 47.7 Å². The van der Waals surface area contributed by atoms with E-state index in [1.165, 1.54) is 10.1 Å². The Hall–Kier alpha value is -3.78. The summed E-state index contributed by atoms with van der Waals surface area (Å²) in [7, 11) is -3.92. The van der Waals surface area contributed by atoms with Crippen LogP contribution in [0.3, 0.4) is 0 Å². The quantitative estimate of drug-likeness (QED) is 0.401. The number of hydrogen-bond acceptors (Lipinski definition) is 6. The Bertz CT molecular complexity index is 1670. The maximum atomic E-state index is 13.7. The normalized spacial score (nSPS) is 13.7. The minimum Gasteiger partial charge on any atom is -0.325 e. The molecule has 0 unspecified atom stereocenters. The SMILES string of the molecule is Cc1ccc(C)c(S(=O)(=O)c2nnn3c2nc(N2CCc4ccccc42)c2ccccc23)c1. The number of fused-ring (bicyclic) bond motifs is 4. The van der Waals surface area contributed by atoms with Crippen LogP contribution in [0.1, 0.15) is 16.7 Å². The highest BCUT2D eigenvalue weighted by Gasteiger charge is 2.30. The van der Waals surface area contributed by atoms with Gasteiger partial charge in [-0.15, -0.1) is 5.10 Å². The number of nitrogens with zero attached hydrogens (tertiary/aromatic N) is 5. The Kier molecular flexibility index (Phi) is 4.28. The van der Waals surface area contributed by atoms with Gasteiger partial charge in [-0.25, -0.2) is 13.4 Å². The molecule has 33 heavy (non-hydrogen) atoms. The molecule has 0 radical (unpaired) electrons. The van der Waals surface area contributed by atoms with E-state index < -0.39 is 9.84 Å². The van der Waals surface area contributed by atoms with Crippen molar-refractivity contribution >= 4 is 37.9 Å². The van der Waals surface area contributed by atoms with E-state index in [0.717, 1.165) is 35.1 Å². The number of anilines is 2. The fraction of sp³-hybridized carbons (Fsp3) is 0.160. The summed E-state index contributed by atoms with van der Waals surface area (Å²) in [6.07, 6.45) is 0.905. The molecule has 0 aliphatic carbocycles. The van der Waals surface area contributed by atoms with Crippen LogP contribution in [0.4, 0.5) is 11.5 Å². The molecule has 1 aliphatic rings. The van der Waals surface area contributed by atoms with Crippen LogP contribution in [0.2, 0.25) is 0 Å². The number of para-hydroxylation sites is 2. The fourth-order valence-corrected chi connectivity index (χ4v) is 6.13. The summed E-state index contributed by atoms with van der Waals surface area (Å²) >= 11 is 0. The molecule has 3 heterocycles. The average molecular weight is 456 g/mol. The first kappa shape index (κ1) is 19.9. The molecule has 0 amide bonds. The highest BCUT2D eigenvalue weighted by Crippen LogP contribution is 2.38. The third-order valence-electron chi connectivity index (χ3n) is 6.23. The van der Waals surface area contributed by atoms with Crippen LogP contribution in [0, 0.1) is 13.8 Å². The maximum Gasteiger partial charge on any atom is 0.229 e. The zero-order chi connectivity index (χ0) is 22.7. The molecule has 0 N–H and O–H groups in total. The largest absolute Gasteiger partial charge is 0.325 e. The van der Waals surface area contributed by atoms with Crippen LogP contribution < -0.4 is 4.90 Å². The van der Waals surface area contributed by atoms with Crippen LogP contribution in [0.5, 0.6) is 0 Å². The van der Waals surface area contributed by atoms with Crippen molar-refractivity contribution in [2.24, 2.45) is 0 Å². The van der Waals surface area contributed by atoms with Crippen LogP contribution in [0.15, 0.2) is 76.7 Å². The second kappa shape index (κ2) is 7.11. The van der Waals surface area contributed by atoms with Crippen molar-refractivity contribution in [1.29, 1.82) is 0 Å². The van der Waals surface area contributed by atoms with Gasteiger partial charge in [0.05, 0.1) is 10.4 Å². The Morgan fingerprint density at radius 2 is 1.73 bits per heavy atom. The molecule has 0 fully saturated rings. The van der Waals surface area contributed by atoms with E-state index in [9.17, 15) is 8.42 Å². The van der Waals surface area contributed by atoms with Gasteiger partial charge in [0, 0.05) is 17.6 Å². The maximum absolute atomic E-state index is 13.7. The molecule has 7 nitrogen and oxygen atoms in total. The average Bonchev–Trinajstić information content (AvgIpc) is 3.45. The highest BCUT2D eigenvalue weighted by atomic mass is 32.2. The van der Waals surface area contributed by atoms with Crippen molar-refractivity contribution < 1.29 is 8.42 Å². The van der Waals surface area contributed by atoms with E-state index in [4.69, 9.17) is 4.98 Å². The van der Waals surface area contributed by atoms with Crippen molar-refractivity contribution in [1.82, 2.24) is 19.8 Å². The van der Waals surface area contributed by atoms with E-state index >= 15 is 0 Å².